The predicted octanol–water partition coefficient (Wildman–Crippen LogP) is 3.34. The van der Waals surface area contributed by atoms with Gasteiger partial charge in [0.1, 0.15) is 6.04 Å². The van der Waals surface area contributed by atoms with Crippen LogP contribution in [-0.2, 0) is 11.2 Å². The van der Waals surface area contributed by atoms with Gasteiger partial charge in [-0.25, -0.2) is 9.59 Å². The van der Waals surface area contributed by atoms with Crippen molar-refractivity contribution in [2.24, 2.45) is 0 Å². The SMILES string of the molecule is CCc1cc(Br)ccc1NC(=O)N[C@H](CCSC)C(=O)O. The molecular weight excluding hydrogens is 356 g/mol. The van der Waals surface area contributed by atoms with E-state index in [1.54, 1.807) is 17.8 Å². The van der Waals surface area contributed by atoms with Gasteiger partial charge in [0.25, 0.3) is 0 Å². The Morgan fingerprint density at radius 3 is 2.71 bits per heavy atom. The highest BCUT2D eigenvalue weighted by molar-refractivity contribution is 9.10. The van der Waals surface area contributed by atoms with Gasteiger partial charge in [-0.3, -0.25) is 0 Å². The lowest BCUT2D eigenvalue weighted by Crippen LogP contribution is -2.43. The van der Waals surface area contributed by atoms with Crippen molar-refractivity contribution in [3.8, 4) is 0 Å². The zero-order valence-corrected chi connectivity index (χ0v) is 14.4. The number of carboxylic acid groups (broad SMARTS) is 1. The second kappa shape index (κ2) is 8.94. The molecule has 5 nitrogen and oxygen atoms in total. The number of anilines is 1. The van der Waals surface area contributed by atoms with Crippen LogP contribution in [0.4, 0.5) is 10.5 Å². The van der Waals surface area contributed by atoms with Crippen molar-refractivity contribution in [2.75, 3.05) is 17.3 Å². The highest BCUT2D eigenvalue weighted by Crippen LogP contribution is 2.21. The van der Waals surface area contributed by atoms with E-state index < -0.39 is 18.0 Å². The molecule has 2 amide bonds. The molecule has 0 aliphatic rings. The molecule has 0 radical (unpaired) electrons. The summed E-state index contributed by atoms with van der Waals surface area (Å²) in [6, 6.07) is 4.17. The fraction of sp³-hybridized carbons (Fsp3) is 0.429. The first-order chi connectivity index (χ1) is 9.97. The van der Waals surface area contributed by atoms with E-state index in [1.165, 1.54) is 0 Å². The first-order valence-electron chi connectivity index (χ1n) is 6.55. The minimum Gasteiger partial charge on any atom is -0.480 e. The number of halogens is 1. The number of thioether (sulfide) groups is 1. The summed E-state index contributed by atoms with van der Waals surface area (Å²) in [6.07, 6.45) is 3.06. The van der Waals surface area contributed by atoms with E-state index in [9.17, 15) is 9.59 Å². The van der Waals surface area contributed by atoms with Gasteiger partial charge >= 0.3 is 12.0 Å². The molecule has 0 saturated heterocycles. The number of urea groups is 1. The summed E-state index contributed by atoms with van der Waals surface area (Å²) in [5.41, 5.74) is 1.67. The maximum Gasteiger partial charge on any atom is 0.326 e. The van der Waals surface area contributed by atoms with E-state index in [0.29, 0.717) is 17.9 Å². The Labute approximate surface area is 137 Å². The van der Waals surface area contributed by atoms with Crippen LogP contribution in [0.2, 0.25) is 0 Å². The Morgan fingerprint density at radius 2 is 2.14 bits per heavy atom. The number of carbonyl (C=O) groups is 2. The zero-order valence-electron chi connectivity index (χ0n) is 12.0. The molecule has 1 aromatic rings. The molecule has 0 saturated carbocycles. The van der Waals surface area contributed by atoms with Gasteiger partial charge in [0.05, 0.1) is 0 Å². The Hall–Kier alpha value is -1.21. The van der Waals surface area contributed by atoms with Crippen molar-refractivity contribution in [3.05, 3.63) is 28.2 Å². The number of hydrogen-bond acceptors (Lipinski definition) is 3. The van der Waals surface area contributed by atoms with Crippen LogP contribution in [0.5, 0.6) is 0 Å². The maximum absolute atomic E-state index is 11.9. The lowest BCUT2D eigenvalue weighted by atomic mass is 10.1. The predicted molar refractivity (Wildman–Crippen MR) is 90.1 cm³/mol. The molecule has 0 aliphatic heterocycles. The van der Waals surface area contributed by atoms with Crippen molar-refractivity contribution >= 4 is 45.4 Å². The number of aryl methyl sites for hydroxylation is 1. The molecule has 1 atom stereocenters. The van der Waals surface area contributed by atoms with E-state index >= 15 is 0 Å². The average molecular weight is 375 g/mol. The third kappa shape index (κ3) is 5.97. The molecule has 0 aliphatic carbocycles. The number of benzene rings is 1. The molecule has 0 bridgehead atoms. The monoisotopic (exact) mass is 374 g/mol. The summed E-state index contributed by atoms with van der Waals surface area (Å²) in [4.78, 5) is 23.0. The van der Waals surface area contributed by atoms with E-state index in [0.717, 1.165) is 16.5 Å². The largest absolute Gasteiger partial charge is 0.480 e. The molecule has 1 rings (SSSR count). The third-order valence-electron chi connectivity index (χ3n) is 2.91. The lowest BCUT2D eigenvalue weighted by molar-refractivity contribution is -0.139. The average Bonchev–Trinajstić information content (AvgIpc) is 2.44. The van der Waals surface area contributed by atoms with Crippen molar-refractivity contribution < 1.29 is 14.7 Å². The summed E-state index contributed by atoms with van der Waals surface area (Å²) < 4.78 is 0.939. The van der Waals surface area contributed by atoms with Crippen LogP contribution < -0.4 is 10.6 Å². The van der Waals surface area contributed by atoms with E-state index in [-0.39, 0.29) is 0 Å². The van der Waals surface area contributed by atoms with E-state index in [4.69, 9.17) is 5.11 Å². The minimum atomic E-state index is -1.02. The normalized spacial score (nSPS) is 11.8. The Morgan fingerprint density at radius 1 is 1.43 bits per heavy atom. The van der Waals surface area contributed by atoms with E-state index in [2.05, 4.69) is 26.6 Å². The molecule has 0 heterocycles. The van der Waals surface area contributed by atoms with Crippen molar-refractivity contribution in [1.29, 1.82) is 0 Å². The summed E-state index contributed by atoms with van der Waals surface area (Å²) in [6.45, 7) is 1.99. The fourth-order valence-corrected chi connectivity index (χ4v) is 2.67. The molecule has 0 fully saturated rings. The Kier molecular flexibility index (Phi) is 7.60. The first-order valence-corrected chi connectivity index (χ1v) is 8.74. The lowest BCUT2D eigenvalue weighted by Gasteiger charge is -2.16. The first kappa shape index (κ1) is 17.8. The third-order valence-corrected chi connectivity index (χ3v) is 4.05. The fourth-order valence-electron chi connectivity index (χ4n) is 1.79. The second-order valence-corrected chi connectivity index (χ2v) is 6.33. The van der Waals surface area contributed by atoms with Crippen molar-refractivity contribution in [1.82, 2.24) is 5.32 Å². The quantitative estimate of drug-likeness (QED) is 0.683. The molecular formula is C14H19BrN2O3S. The molecule has 3 N–H and O–H groups in total. The molecule has 0 aromatic heterocycles. The van der Waals surface area contributed by atoms with Crippen LogP contribution in [0.15, 0.2) is 22.7 Å². The number of nitrogens with one attached hydrogen (secondary N) is 2. The number of carbonyl (C=O) groups excluding carboxylic acids is 1. The highest BCUT2D eigenvalue weighted by Gasteiger charge is 2.19. The molecule has 21 heavy (non-hydrogen) atoms. The Balaban J connectivity index is 2.69. The van der Waals surface area contributed by atoms with Gasteiger partial charge in [-0.15, -0.1) is 0 Å². The van der Waals surface area contributed by atoms with Gasteiger partial charge in [-0.1, -0.05) is 22.9 Å². The summed E-state index contributed by atoms with van der Waals surface area (Å²) in [5, 5.41) is 14.3. The van der Waals surface area contributed by atoms with Gasteiger partial charge < -0.3 is 15.7 Å². The van der Waals surface area contributed by atoms with Crippen LogP contribution >= 0.6 is 27.7 Å². The van der Waals surface area contributed by atoms with Crippen LogP contribution in [0.3, 0.4) is 0 Å². The van der Waals surface area contributed by atoms with Gasteiger partial charge in [0.2, 0.25) is 0 Å². The molecule has 1 aromatic carbocycles. The minimum absolute atomic E-state index is 0.394. The number of amides is 2. The molecule has 0 unspecified atom stereocenters. The number of hydrogen-bond donors (Lipinski definition) is 3. The van der Waals surface area contributed by atoms with Crippen LogP contribution in [0.1, 0.15) is 18.9 Å². The van der Waals surface area contributed by atoms with Gasteiger partial charge in [-0.2, -0.15) is 11.8 Å². The zero-order chi connectivity index (χ0) is 15.8. The standard InChI is InChI=1S/C14H19BrN2O3S/c1-3-9-8-10(15)4-5-11(9)16-14(20)17-12(13(18)19)6-7-21-2/h4-5,8,12H,3,6-7H2,1-2H3,(H,18,19)(H2,16,17,20)/t12-/m1/s1. The van der Waals surface area contributed by atoms with Crippen molar-refractivity contribution in [3.63, 3.8) is 0 Å². The van der Waals surface area contributed by atoms with Gasteiger partial charge in [-0.05, 0) is 48.6 Å². The number of rotatable bonds is 7. The van der Waals surface area contributed by atoms with Crippen molar-refractivity contribution in [2.45, 2.75) is 25.8 Å². The topological polar surface area (TPSA) is 78.4 Å². The molecule has 0 spiro atoms. The molecule has 7 heteroatoms. The second-order valence-electron chi connectivity index (χ2n) is 4.43. The van der Waals surface area contributed by atoms with Crippen LogP contribution in [0.25, 0.3) is 0 Å². The highest BCUT2D eigenvalue weighted by atomic mass is 79.9. The number of carboxylic acids is 1. The van der Waals surface area contributed by atoms with Gasteiger partial charge in [0.15, 0.2) is 0 Å². The Bertz CT molecular complexity index is 511. The molecule has 116 valence electrons. The number of aliphatic carboxylic acids is 1. The maximum atomic E-state index is 11.9. The summed E-state index contributed by atoms with van der Waals surface area (Å²) >= 11 is 4.93. The van der Waals surface area contributed by atoms with Crippen LogP contribution in [-0.4, -0.2) is 35.2 Å². The van der Waals surface area contributed by atoms with Gasteiger partial charge in [0, 0.05) is 10.2 Å². The van der Waals surface area contributed by atoms with E-state index in [1.807, 2.05) is 25.3 Å². The summed E-state index contributed by atoms with van der Waals surface area (Å²) in [7, 11) is 0. The van der Waals surface area contributed by atoms with Crippen LogP contribution in [0, 0.1) is 0 Å². The smallest absolute Gasteiger partial charge is 0.326 e. The summed E-state index contributed by atoms with van der Waals surface area (Å²) in [5.74, 6) is -0.346.